The summed E-state index contributed by atoms with van der Waals surface area (Å²) in [4.78, 5) is 11.9. The zero-order valence-electron chi connectivity index (χ0n) is 10.5. The molecule has 2 bridgehead atoms. The number of fused-ring (bicyclic) bond motifs is 2. The van der Waals surface area contributed by atoms with E-state index >= 15 is 0 Å². The Balaban J connectivity index is 1.43. The van der Waals surface area contributed by atoms with Crippen LogP contribution in [0.25, 0.3) is 0 Å². The molecule has 1 amide bonds. The minimum absolute atomic E-state index is 0.215. The molecule has 2 unspecified atom stereocenters. The quantitative estimate of drug-likeness (QED) is 0.876. The minimum Gasteiger partial charge on any atom is -0.352 e. The first-order chi connectivity index (χ1) is 8.79. The second-order valence-corrected chi connectivity index (χ2v) is 6.37. The maximum absolute atomic E-state index is 11.9. The van der Waals surface area contributed by atoms with E-state index < -0.39 is 0 Å². The second-order valence-electron chi connectivity index (χ2n) is 5.59. The lowest BCUT2D eigenvalue weighted by Gasteiger charge is -2.28. The van der Waals surface area contributed by atoms with E-state index in [9.17, 15) is 4.79 Å². The number of amides is 1. The summed E-state index contributed by atoms with van der Waals surface area (Å²) in [6, 6.07) is 3.42. The van der Waals surface area contributed by atoms with Gasteiger partial charge in [0.1, 0.15) is 0 Å². The van der Waals surface area contributed by atoms with Crippen molar-refractivity contribution in [2.24, 2.45) is 5.92 Å². The molecular formula is C14H20N2OS. The number of carbonyl (C=O) groups is 1. The van der Waals surface area contributed by atoms with Crippen molar-refractivity contribution in [1.82, 2.24) is 10.6 Å². The fourth-order valence-corrected chi connectivity index (χ4v) is 3.94. The van der Waals surface area contributed by atoms with Gasteiger partial charge >= 0.3 is 0 Å². The lowest BCUT2D eigenvalue weighted by Crippen LogP contribution is -2.39. The summed E-state index contributed by atoms with van der Waals surface area (Å²) in [7, 11) is 0. The predicted octanol–water partition coefficient (Wildman–Crippen LogP) is 2.29. The summed E-state index contributed by atoms with van der Waals surface area (Å²) >= 11 is 1.68. The lowest BCUT2D eigenvalue weighted by molar-refractivity contribution is -0.122. The van der Waals surface area contributed by atoms with Crippen LogP contribution in [0.4, 0.5) is 0 Å². The van der Waals surface area contributed by atoms with Crippen molar-refractivity contribution in [2.75, 3.05) is 0 Å². The zero-order valence-corrected chi connectivity index (χ0v) is 11.3. The fraction of sp³-hybridized carbons (Fsp3) is 0.643. The van der Waals surface area contributed by atoms with Crippen molar-refractivity contribution in [1.29, 1.82) is 0 Å². The Kier molecular flexibility index (Phi) is 3.66. The van der Waals surface area contributed by atoms with Crippen LogP contribution >= 0.6 is 11.3 Å². The highest BCUT2D eigenvalue weighted by atomic mass is 32.1. The molecule has 3 heterocycles. The number of piperidine rings is 1. The summed E-state index contributed by atoms with van der Waals surface area (Å²) < 4.78 is 0. The molecule has 98 valence electrons. The van der Waals surface area contributed by atoms with Gasteiger partial charge in [0.2, 0.25) is 5.91 Å². The van der Waals surface area contributed by atoms with E-state index in [1.165, 1.54) is 31.2 Å². The number of hydrogen-bond acceptors (Lipinski definition) is 3. The van der Waals surface area contributed by atoms with Gasteiger partial charge in [-0.25, -0.2) is 0 Å². The summed E-state index contributed by atoms with van der Waals surface area (Å²) in [6.45, 7) is 0.681. The molecule has 0 radical (unpaired) electrons. The van der Waals surface area contributed by atoms with E-state index in [0.29, 0.717) is 31.0 Å². The Hall–Kier alpha value is -0.870. The Morgan fingerprint density at radius 3 is 2.83 bits per heavy atom. The van der Waals surface area contributed by atoms with Crippen molar-refractivity contribution in [2.45, 2.75) is 50.7 Å². The van der Waals surface area contributed by atoms with Gasteiger partial charge in [0.15, 0.2) is 0 Å². The lowest BCUT2D eigenvalue weighted by atomic mass is 9.89. The van der Waals surface area contributed by atoms with Crippen LogP contribution in [0.1, 0.15) is 37.7 Å². The molecule has 3 nitrogen and oxygen atoms in total. The van der Waals surface area contributed by atoms with E-state index in [1.54, 1.807) is 11.3 Å². The number of rotatable bonds is 4. The molecule has 2 fully saturated rings. The highest BCUT2D eigenvalue weighted by Gasteiger charge is 2.33. The smallest absolute Gasteiger partial charge is 0.220 e. The molecule has 2 saturated heterocycles. The van der Waals surface area contributed by atoms with Crippen LogP contribution in [0.15, 0.2) is 16.8 Å². The van der Waals surface area contributed by atoms with Crippen molar-refractivity contribution < 1.29 is 4.79 Å². The summed E-state index contributed by atoms with van der Waals surface area (Å²) in [6.07, 6.45) is 5.68. The van der Waals surface area contributed by atoms with Gasteiger partial charge in [-0.2, -0.15) is 11.3 Å². The van der Waals surface area contributed by atoms with Gasteiger partial charge in [0, 0.05) is 25.0 Å². The van der Waals surface area contributed by atoms with E-state index in [4.69, 9.17) is 0 Å². The molecule has 0 aliphatic carbocycles. The third kappa shape index (κ3) is 2.93. The first-order valence-corrected chi connectivity index (χ1v) is 7.77. The van der Waals surface area contributed by atoms with Crippen LogP contribution in [0, 0.1) is 5.92 Å². The first kappa shape index (κ1) is 12.2. The SMILES string of the molecule is O=C(CC1CC2CCC(C1)N2)NCc1ccsc1. The second kappa shape index (κ2) is 5.41. The standard InChI is InChI=1S/C14H20N2OS/c17-14(15-8-10-3-4-18-9-10)7-11-5-12-1-2-13(6-11)16-12/h3-4,9,11-13,16H,1-2,5-8H2,(H,15,17). The Labute approximate surface area is 112 Å². The Bertz CT molecular complexity index is 392. The fourth-order valence-electron chi connectivity index (χ4n) is 3.27. The largest absolute Gasteiger partial charge is 0.352 e. The molecule has 1 aromatic heterocycles. The average molecular weight is 264 g/mol. The summed E-state index contributed by atoms with van der Waals surface area (Å²) in [5.41, 5.74) is 1.21. The highest BCUT2D eigenvalue weighted by Crippen LogP contribution is 2.32. The summed E-state index contributed by atoms with van der Waals surface area (Å²) in [5, 5.41) is 10.8. The van der Waals surface area contributed by atoms with Crippen LogP contribution in [-0.4, -0.2) is 18.0 Å². The molecule has 2 N–H and O–H groups in total. The van der Waals surface area contributed by atoms with E-state index in [0.717, 1.165) is 0 Å². The molecule has 0 aromatic carbocycles. The topological polar surface area (TPSA) is 41.1 Å². The molecule has 0 spiro atoms. The third-order valence-corrected chi connectivity index (χ3v) is 4.85. The van der Waals surface area contributed by atoms with Gasteiger partial charge in [-0.1, -0.05) is 0 Å². The van der Waals surface area contributed by atoms with Gasteiger partial charge in [-0.15, -0.1) is 0 Å². The minimum atomic E-state index is 0.215. The van der Waals surface area contributed by atoms with E-state index in [1.807, 2.05) is 5.38 Å². The molecule has 4 heteroatoms. The van der Waals surface area contributed by atoms with Crippen molar-refractivity contribution in [3.05, 3.63) is 22.4 Å². The third-order valence-electron chi connectivity index (χ3n) is 4.11. The van der Waals surface area contributed by atoms with Crippen LogP contribution < -0.4 is 10.6 Å². The zero-order chi connectivity index (χ0) is 12.4. The number of thiophene rings is 1. The van der Waals surface area contributed by atoms with Gasteiger partial charge in [0.05, 0.1) is 0 Å². The molecule has 3 rings (SSSR count). The number of nitrogens with one attached hydrogen (secondary N) is 2. The van der Waals surface area contributed by atoms with Crippen molar-refractivity contribution in [3.63, 3.8) is 0 Å². The molecule has 2 atom stereocenters. The highest BCUT2D eigenvalue weighted by molar-refractivity contribution is 7.07. The van der Waals surface area contributed by atoms with Crippen LogP contribution in [-0.2, 0) is 11.3 Å². The van der Waals surface area contributed by atoms with Crippen molar-refractivity contribution in [3.8, 4) is 0 Å². The van der Waals surface area contributed by atoms with Crippen molar-refractivity contribution >= 4 is 17.2 Å². The summed E-state index contributed by atoms with van der Waals surface area (Å²) in [5.74, 6) is 0.804. The normalized spacial score (nSPS) is 30.3. The maximum atomic E-state index is 11.9. The molecule has 1 aromatic rings. The van der Waals surface area contributed by atoms with Gasteiger partial charge in [-0.3, -0.25) is 4.79 Å². The Morgan fingerprint density at radius 2 is 2.17 bits per heavy atom. The molecule has 0 saturated carbocycles. The van der Waals surface area contributed by atoms with Gasteiger partial charge < -0.3 is 10.6 Å². The van der Waals surface area contributed by atoms with Crippen LogP contribution in [0.2, 0.25) is 0 Å². The number of hydrogen-bond donors (Lipinski definition) is 2. The maximum Gasteiger partial charge on any atom is 0.220 e. The molecule has 2 aliphatic heterocycles. The van der Waals surface area contributed by atoms with Crippen LogP contribution in [0.5, 0.6) is 0 Å². The van der Waals surface area contributed by atoms with E-state index in [-0.39, 0.29) is 5.91 Å². The molecule has 2 aliphatic rings. The van der Waals surface area contributed by atoms with Crippen LogP contribution in [0.3, 0.4) is 0 Å². The average Bonchev–Trinajstić information content (AvgIpc) is 2.97. The van der Waals surface area contributed by atoms with E-state index in [2.05, 4.69) is 22.1 Å². The van der Waals surface area contributed by atoms with Gasteiger partial charge in [-0.05, 0) is 54.0 Å². The molecule has 18 heavy (non-hydrogen) atoms. The predicted molar refractivity (Wildman–Crippen MR) is 73.5 cm³/mol. The first-order valence-electron chi connectivity index (χ1n) is 6.83. The number of carbonyl (C=O) groups excluding carboxylic acids is 1. The monoisotopic (exact) mass is 264 g/mol. The van der Waals surface area contributed by atoms with Gasteiger partial charge in [0.25, 0.3) is 0 Å². The Morgan fingerprint density at radius 1 is 1.39 bits per heavy atom. The molecular weight excluding hydrogens is 244 g/mol.